The fourth-order valence-corrected chi connectivity index (χ4v) is 0.238. The summed E-state index contributed by atoms with van der Waals surface area (Å²) in [5, 5.41) is 19.0. The summed E-state index contributed by atoms with van der Waals surface area (Å²) >= 11 is 0. The second-order valence-corrected chi connectivity index (χ2v) is 1.21. The molecule has 0 unspecified atom stereocenters. The molecule has 0 aliphatic heterocycles. The first-order valence-corrected chi connectivity index (χ1v) is 2.04. The summed E-state index contributed by atoms with van der Waals surface area (Å²) in [6, 6.07) is 0. The van der Waals surface area contributed by atoms with Crippen molar-refractivity contribution < 1.29 is 44.3 Å². The molecule has 6 heteroatoms. The molecular weight excluding hydrogens is 147 g/mol. The number of nitrogens with zero attached hydrogens (tertiary/aromatic N) is 1. The van der Waals surface area contributed by atoms with Gasteiger partial charge in [-0.1, -0.05) is 0 Å². The van der Waals surface area contributed by atoms with Gasteiger partial charge in [0.05, 0.1) is 12.4 Å². The molecular formula is C4H3N2NaO3. The molecule has 10 heavy (non-hydrogen) atoms. The number of carboxylic acids is 1. The average molecular weight is 150 g/mol. The second kappa shape index (κ2) is 6.55. The van der Waals surface area contributed by atoms with Crippen LogP contribution in [-0.4, -0.2) is 11.9 Å². The van der Waals surface area contributed by atoms with Crippen molar-refractivity contribution in [2.24, 2.45) is 0 Å². The van der Waals surface area contributed by atoms with Gasteiger partial charge in [0.1, 0.15) is 0 Å². The van der Waals surface area contributed by atoms with Gasteiger partial charge in [-0.3, -0.25) is 10.1 Å². The van der Waals surface area contributed by atoms with E-state index in [1.807, 2.05) is 0 Å². The first-order valence-electron chi connectivity index (χ1n) is 2.04. The minimum Gasteiger partial charge on any atom is -0.550 e. The molecule has 0 aromatic carbocycles. The molecule has 0 atom stereocenters. The molecule has 48 valence electrons. The molecule has 0 radical (unpaired) electrons. The van der Waals surface area contributed by atoms with E-state index >= 15 is 0 Å². The number of nitriles is 1. The van der Waals surface area contributed by atoms with Crippen LogP contribution >= 0.6 is 0 Å². The third-order valence-electron chi connectivity index (χ3n) is 0.500. The van der Waals surface area contributed by atoms with Crippen molar-refractivity contribution >= 4 is 11.9 Å². The minimum absolute atomic E-state index is 0. The number of aliphatic carboxylic acids is 1. The van der Waals surface area contributed by atoms with E-state index in [1.165, 1.54) is 6.19 Å². The zero-order valence-corrected chi connectivity index (χ0v) is 7.38. The third kappa shape index (κ3) is 7.43. The topological polar surface area (TPSA) is 93.0 Å². The molecule has 1 amide bonds. The van der Waals surface area contributed by atoms with Crippen molar-refractivity contribution in [3.8, 4) is 6.19 Å². The fraction of sp³-hybridized carbons (Fsp3) is 0.250. The normalized spacial score (nSPS) is 6.70. The van der Waals surface area contributed by atoms with Crippen LogP contribution in [0.2, 0.25) is 0 Å². The molecule has 0 rings (SSSR count). The van der Waals surface area contributed by atoms with Gasteiger partial charge in [-0.25, -0.2) is 0 Å². The number of amides is 1. The van der Waals surface area contributed by atoms with Gasteiger partial charge in [0, 0.05) is 0 Å². The Bertz CT molecular complexity index is 174. The Morgan fingerprint density at radius 2 is 2.10 bits per heavy atom. The van der Waals surface area contributed by atoms with Crippen LogP contribution < -0.4 is 40.0 Å². The molecule has 0 fully saturated rings. The maximum atomic E-state index is 10.1. The molecule has 0 heterocycles. The predicted octanol–water partition coefficient (Wildman–Crippen LogP) is -5.27. The summed E-state index contributed by atoms with van der Waals surface area (Å²) in [7, 11) is 0. The van der Waals surface area contributed by atoms with Gasteiger partial charge in [0.25, 0.3) is 0 Å². The van der Waals surface area contributed by atoms with Gasteiger partial charge in [0.2, 0.25) is 5.91 Å². The number of carbonyl (C=O) groups is 2. The van der Waals surface area contributed by atoms with E-state index < -0.39 is 18.3 Å². The number of rotatable bonds is 2. The van der Waals surface area contributed by atoms with E-state index in [9.17, 15) is 14.7 Å². The monoisotopic (exact) mass is 150 g/mol. The summed E-state index contributed by atoms with van der Waals surface area (Å²) in [6.45, 7) is 0. The molecule has 5 nitrogen and oxygen atoms in total. The van der Waals surface area contributed by atoms with Gasteiger partial charge in [-0.05, 0) is 0 Å². The number of carboxylic acid groups (broad SMARTS) is 1. The van der Waals surface area contributed by atoms with E-state index in [0.717, 1.165) is 0 Å². The molecule has 0 aliphatic carbocycles. The molecule has 0 aromatic heterocycles. The molecule has 0 saturated heterocycles. The minimum atomic E-state index is -1.50. The maximum absolute atomic E-state index is 10.1. The van der Waals surface area contributed by atoms with Crippen LogP contribution in [0.25, 0.3) is 0 Å². The molecule has 0 aromatic rings. The Balaban J connectivity index is 0. The smallest absolute Gasteiger partial charge is 0.550 e. The fourth-order valence-electron chi connectivity index (χ4n) is 0.238. The first-order chi connectivity index (χ1) is 4.16. The van der Waals surface area contributed by atoms with Gasteiger partial charge in [-0.15, -0.1) is 0 Å². The standard InChI is InChI=1S/C4H4N2O3.Na/c5-2-6-3(7)1-4(8)9;/h1H2,(H,6,7)(H,8,9);/q;+1/p-1. The van der Waals surface area contributed by atoms with Crippen molar-refractivity contribution in [2.45, 2.75) is 6.42 Å². The molecule has 0 bridgehead atoms. The van der Waals surface area contributed by atoms with Crippen molar-refractivity contribution in [1.82, 2.24) is 5.32 Å². The van der Waals surface area contributed by atoms with E-state index in [4.69, 9.17) is 5.26 Å². The zero-order chi connectivity index (χ0) is 7.28. The van der Waals surface area contributed by atoms with Crippen LogP contribution in [0.5, 0.6) is 0 Å². The number of hydrogen-bond donors (Lipinski definition) is 1. The maximum Gasteiger partial charge on any atom is 1.00 e. The zero-order valence-electron chi connectivity index (χ0n) is 5.38. The van der Waals surface area contributed by atoms with Gasteiger partial charge in [0.15, 0.2) is 6.19 Å². The van der Waals surface area contributed by atoms with E-state index in [1.54, 1.807) is 5.32 Å². The van der Waals surface area contributed by atoms with Gasteiger partial charge >= 0.3 is 29.6 Å². The molecule has 0 aliphatic rings. The van der Waals surface area contributed by atoms with Crippen LogP contribution in [0.3, 0.4) is 0 Å². The molecule has 0 spiro atoms. The van der Waals surface area contributed by atoms with E-state index in [2.05, 4.69) is 0 Å². The van der Waals surface area contributed by atoms with Gasteiger partial charge in [-0.2, -0.15) is 5.26 Å². The van der Waals surface area contributed by atoms with Gasteiger partial charge < -0.3 is 9.90 Å². The predicted molar refractivity (Wildman–Crippen MR) is 23.4 cm³/mol. The van der Waals surface area contributed by atoms with Crippen LogP contribution in [0.1, 0.15) is 6.42 Å². The van der Waals surface area contributed by atoms with Crippen molar-refractivity contribution in [2.75, 3.05) is 0 Å². The largest absolute Gasteiger partial charge is 1.00 e. The summed E-state index contributed by atoms with van der Waals surface area (Å²) in [5.41, 5.74) is 0. The average Bonchev–Trinajstić information content (AvgIpc) is 1.63. The number of hydrogen-bond acceptors (Lipinski definition) is 4. The van der Waals surface area contributed by atoms with E-state index in [0.29, 0.717) is 0 Å². The van der Waals surface area contributed by atoms with Crippen LogP contribution in [-0.2, 0) is 9.59 Å². The van der Waals surface area contributed by atoms with E-state index in [-0.39, 0.29) is 29.6 Å². The quantitative estimate of drug-likeness (QED) is 0.184. The van der Waals surface area contributed by atoms with Crippen LogP contribution in [0, 0.1) is 11.5 Å². The van der Waals surface area contributed by atoms with Crippen molar-refractivity contribution in [3.05, 3.63) is 0 Å². The first kappa shape index (κ1) is 12.1. The SMILES string of the molecule is N#CNC(=O)CC(=O)[O-].[Na+]. The third-order valence-corrected chi connectivity index (χ3v) is 0.500. The van der Waals surface area contributed by atoms with Crippen molar-refractivity contribution in [3.63, 3.8) is 0 Å². The second-order valence-electron chi connectivity index (χ2n) is 1.21. The number of carbonyl (C=O) groups excluding carboxylic acids is 2. The Morgan fingerprint density at radius 3 is 2.40 bits per heavy atom. The Hall–Kier alpha value is -0.570. The number of nitrogens with one attached hydrogen (secondary N) is 1. The summed E-state index contributed by atoms with van der Waals surface area (Å²) in [6.07, 6.45) is 0.512. The summed E-state index contributed by atoms with van der Waals surface area (Å²) in [5.74, 6) is -2.36. The Morgan fingerprint density at radius 1 is 1.60 bits per heavy atom. The van der Waals surface area contributed by atoms with Crippen molar-refractivity contribution in [1.29, 1.82) is 5.26 Å². The Labute approximate surface area is 79.3 Å². The molecule has 0 saturated carbocycles. The van der Waals surface area contributed by atoms with Crippen LogP contribution in [0.15, 0.2) is 0 Å². The summed E-state index contributed by atoms with van der Waals surface area (Å²) < 4.78 is 0. The van der Waals surface area contributed by atoms with Crippen LogP contribution in [0.4, 0.5) is 0 Å². The summed E-state index contributed by atoms with van der Waals surface area (Å²) in [4.78, 5) is 19.7. The molecule has 1 N–H and O–H groups in total. The Kier molecular flexibility index (Phi) is 7.95.